The largest absolute Gasteiger partial charge is 0.378 e. The van der Waals surface area contributed by atoms with Crippen LogP contribution in [-0.4, -0.2) is 36.7 Å². The summed E-state index contributed by atoms with van der Waals surface area (Å²) in [6, 6.07) is 3.04. The number of hydrogen-bond donors (Lipinski definition) is 0. The van der Waals surface area contributed by atoms with Crippen molar-refractivity contribution in [2.45, 2.75) is 58.1 Å². The Bertz CT molecular complexity index is 291. The Balaban J connectivity index is 1.89. The molecule has 102 valence electrons. The lowest BCUT2D eigenvalue weighted by molar-refractivity contribution is -0.00878. The van der Waals surface area contributed by atoms with E-state index in [-0.39, 0.29) is 5.92 Å². The van der Waals surface area contributed by atoms with E-state index in [0.717, 1.165) is 44.9 Å². The second-order valence-electron chi connectivity index (χ2n) is 5.91. The van der Waals surface area contributed by atoms with E-state index >= 15 is 0 Å². The number of nitriles is 1. The molecule has 0 spiro atoms. The summed E-state index contributed by atoms with van der Waals surface area (Å²) in [6.45, 7) is 7.45. The van der Waals surface area contributed by atoms with Gasteiger partial charge in [0.15, 0.2) is 0 Å². The third-order valence-corrected chi connectivity index (χ3v) is 4.59. The summed E-state index contributed by atoms with van der Waals surface area (Å²) in [5.41, 5.74) is 0. The number of nitrogens with zero attached hydrogens (tertiary/aromatic N) is 2. The van der Waals surface area contributed by atoms with Crippen molar-refractivity contribution in [1.29, 1.82) is 5.26 Å². The van der Waals surface area contributed by atoms with E-state index in [1.807, 2.05) is 0 Å². The second-order valence-corrected chi connectivity index (χ2v) is 5.91. The molecule has 3 unspecified atom stereocenters. The molecular weight excluding hydrogens is 224 g/mol. The van der Waals surface area contributed by atoms with Crippen molar-refractivity contribution < 1.29 is 4.74 Å². The van der Waals surface area contributed by atoms with Gasteiger partial charge in [-0.2, -0.15) is 5.26 Å². The minimum absolute atomic E-state index is 0.254. The smallest absolute Gasteiger partial charge is 0.0672 e. The van der Waals surface area contributed by atoms with E-state index in [1.165, 1.54) is 12.8 Å². The fraction of sp³-hybridized carbons (Fsp3) is 0.933. The molecule has 0 amide bonds. The zero-order valence-electron chi connectivity index (χ0n) is 11.8. The third-order valence-electron chi connectivity index (χ3n) is 4.59. The van der Waals surface area contributed by atoms with Gasteiger partial charge in [-0.15, -0.1) is 0 Å². The van der Waals surface area contributed by atoms with Crippen molar-refractivity contribution in [3.05, 3.63) is 0 Å². The molecule has 0 radical (unpaired) electrons. The molecule has 0 aromatic heterocycles. The van der Waals surface area contributed by atoms with Crippen LogP contribution in [0, 0.1) is 23.2 Å². The number of piperidine rings is 1. The highest BCUT2D eigenvalue weighted by atomic mass is 16.5. The molecule has 3 heteroatoms. The zero-order chi connectivity index (χ0) is 13.0. The van der Waals surface area contributed by atoms with Crippen LogP contribution in [-0.2, 0) is 4.74 Å². The normalized spacial score (nSPS) is 35.3. The van der Waals surface area contributed by atoms with Crippen LogP contribution in [0.1, 0.15) is 46.0 Å². The van der Waals surface area contributed by atoms with Crippen molar-refractivity contribution in [2.24, 2.45) is 11.8 Å². The van der Waals surface area contributed by atoms with E-state index in [4.69, 9.17) is 4.74 Å². The minimum Gasteiger partial charge on any atom is -0.378 e. The molecule has 1 aliphatic heterocycles. The van der Waals surface area contributed by atoms with Gasteiger partial charge in [-0.05, 0) is 44.9 Å². The summed E-state index contributed by atoms with van der Waals surface area (Å²) in [5, 5.41) is 9.31. The number of hydrogen-bond acceptors (Lipinski definition) is 3. The molecule has 0 bridgehead atoms. The second kappa shape index (κ2) is 6.54. The molecule has 18 heavy (non-hydrogen) atoms. The van der Waals surface area contributed by atoms with Crippen LogP contribution in [0.2, 0.25) is 0 Å². The SMILES string of the molecule is CCOC1CCN(C2CC(C)CCC2C#N)CC1. The van der Waals surface area contributed by atoms with Crippen molar-refractivity contribution in [1.82, 2.24) is 4.90 Å². The van der Waals surface area contributed by atoms with E-state index in [1.54, 1.807) is 0 Å². The molecule has 3 nitrogen and oxygen atoms in total. The lowest BCUT2D eigenvalue weighted by Crippen LogP contribution is -2.48. The van der Waals surface area contributed by atoms with Crippen molar-refractivity contribution in [3.8, 4) is 6.07 Å². The number of ether oxygens (including phenoxy) is 1. The zero-order valence-corrected chi connectivity index (χ0v) is 11.8. The number of rotatable bonds is 3. The molecule has 1 heterocycles. The average Bonchev–Trinajstić information content (AvgIpc) is 2.40. The van der Waals surface area contributed by atoms with Gasteiger partial charge in [-0.3, -0.25) is 4.90 Å². The Labute approximate surface area is 111 Å². The first-order chi connectivity index (χ1) is 8.74. The molecule has 2 fully saturated rings. The first kappa shape index (κ1) is 13.8. The van der Waals surface area contributed by atoms with Crippen LogP contribution in [0.15, 0.2) is 0 Å². The maximum atomic E-state index is 9.31. The summed E-state index contributed by atoms with van der Waals surface area (Å²) < 4.78 is 5.70. The monoisotopic (exact) mass is 250 g/mol. The van der Waals surface area contributed by atoms with Gasteiger partial charge in [-0.1, -0.05) is 6.92 Å². The predicted octanol–water partition coefficient (Wildman–Crippen LogP) is 2.82. The Morgan fingerprint density at radius 2 is 1.94 bits per heavy atom. The summed E-state index contributed by atoms with van der Waals surface area (Å²) in [6.07, 6.45) is 6.25. The summed E-state index contributed by atoms with van der Waals surface area (Å²) in [7, 11) is 0. The van der Waals surface area contributed by atoms with Crippen LogP contribution in [0.4, 0.5) is 0 Å². The lowest BCUT2D eigenvalue weighted by atomic mass is 9.78. The fourth-order valence-electron chi connectivity index (χ4n) is 3.51. The molecule has 2 rings (SSSR count). The Morgan fingerprint density at radius 3 is 2.56 bits per heavy atom. The summed E-state index contributed by atoms with van der Waals surface area (Å²) in [4.78, 5) is 2.55. The van der Waals surface area contributed by atoms with Gasteiger partial charge in [0.05, 0.1) is 18.1 Å². The quantitative estimate of drug-likeness (QED) is 0.773. The van der Waals surface area contributed by atoms with Gasteiger partial charge >= 0.3 is 0 Å². The Kier molecular flexibility index (Phi) is 5.03. The highest BCUT2D eigenvalue weighted by Gasteiger charge is 2.34. The molecule has 3 atom stereocenters. The lowest BCUT2D eigenvalue weighted by Gasteiger charge is -2.42. The predicted molar refractivity (Wildman–Crippen MR) is 72.1 cm³/mol. The van der Waals surface area contributed by atoms with E-state index in [2.05, 4.69) is 24.8 Å². The maximum absolute atomic E-state index is 9.31. The standard InChI is InChI=1S/C15H26N2O/c1-3-18-14-6-8-17(9-7-14)15-10-12(2)4-5-13(15)11-16/h12-15H,3-10H2,1-2H3. The molecule has 1 aliphatic carbocycles. The molecule has 0 aromatic carbocycles. The molecule has 2 aliphatic rings. The van der Waals surface area contributed by atoms with Gasteiger partial charge in [0.25, 0.3) is 0 Å². The topological polar surface area (TPSA) is 36.3 Å². The van der Waals surface area contributed by atoms with Gasteiger partial charge in [-0.25, -0.2) is 0 Å². The highest BCUT2D eigenvalue weighted by molar-refractivity contribution is 4.98. The van der Waals surface area contributed by atoms with E-state index in [0.29, 0.717) is 12.1 Å². The fourth-order valence-corrected chi connectivity index (χ4v) is 3.51. The third kappa shape index (κ3) is 3.24. The molecule has 0 aromatic rings. The van der Waals surface area contributed by atoms with Gasteiger partial charge in [0.2, 0.25) is 0 Å². The molecule has 0 N–H and O–H groups in total. The maximum Gasteiger partial charge on any atom is 0.0672 e. The van der Waals surface area contributed by atoms with Gasteiger partial charge < -0.3 is 4.74 Å². The Morgan fingerprint density at radius 1 is 1.22 bits per heavy atom. The molecular formula is C15H26N2O. The molecule has 1 saturated heterocycles. The Hall–Kier alpha value is -0.590. The van der Waals surface area contributed by atoms with Crippen LogP contribution in [0.5, 0.6) is 0 Å². The summed E-state index contributed by atoms with van der Waals surface area (Å²) in [5.74, 6) is 1.04. The van der Waals surface area contributed by atoms with Gasteiger partial charge in [0, 0.05) is 25.7 Å². The first-order valence-corrected chi connectivity index (χ1v) is 7.49. The van der Waals surface area contributed by atoms with Crippen LogP contribution < -0.4 is 0 Å². The minimum atomic E-state index is 0.254. The average molecular weight is 250 g/mol. The van der Waals surface area contributed by atoms with Crippen molar-refractivity contribution in [2.75, 3.05) is 19.7 Å². The van der Waals surface area contributed by atoms with Crippen molar-refractivity contribution in [3.63, 3.8) is 0 Å². The van der Waals surface area contributed by atoms with E-state index < -0.39 is 0 Å². The number of likely N-dealkylation sites (tertiary alicyclic amines) is 1. The van der Waals surface area contributed by atoms with Crippen LogP contribution >= 0.6 is 0 Å². The van der Waals surface area contributed by atoms with Crippen molar-refractivity contribution >= 4 is 0 Å². The van der Waals surface area contributed by atoms with Crippen LogP contribution in [0.25, 0.3) is 0 Å². The van der Waals surface area contributed by atoms with Gasteiger partial charge in [0.1, 0.15) is 0 Å². The van der Waals surface area contributed by atoms with E-state index in [9.17, 15) is 5.26 Å². The highest BCUT2D eigenvalue weighted by Crippen LogP contribution is 2.33. The summed E-state index contributed by atoms with van der Waals surface area (Å²) >= 11 is 0. The molecule has 1 saturated carbocycles. The first-order valence-electron chi connectivity index (χ1n) is 7.49. The van der Waals surface area contributed by atoms with Crippen LogP contribution in [0.3, 0.4) is 0 Å².